The summed E-state index contributed by atoms with van der Waals surface area (Å²) in [6.45, 7) is 4.53. The first-order valence-electron chi connectivity index (χ1n) is 3.06. The van der Waals surface area contributed by atoms with E-state index in [9.17, 15) is 0 Å². The normalized spacial score (nSPS) is 8.36. The van der Waals surface area contributed by atoms with Gasteiger partial charge < -0.3 is 18.9 Å². The Labute approximate surface area is 78.9 Å². The Morgan fingerprint density at radius 1 is 1.09 bits per heavy atom. The van der Waals surface area contributed by atoms with Crippen molar-refractivity contribution in [2.75, 3.05) is 0 Å². The molecule has 0 aromatic heterocycles. The molecule has 2 atom stereocenters. The summed E-state index contributed by atoms with van der Waals surface area (Å²) in [6.07, 6.45) is 0. The average Bonchev–Trinajstić information content (AvgIpc) is 1.92. The Morgan fingerprint density at radius 3 is 1.27 bits per heavy atom. The van der Waals surface area contributed by atoms with Crippen LogP contribution in [0.3, 0.4) is 0 Å². The SMILES string of the molecule is C[CH2][Ti+2][CH2]C.O=[PH2][O-].O=[PH2][O-]. The van der Waals surface area contributed by atoms with E-state index in [1.807, 2.05) is 0 Å². The van der Waals surface area contributed by atoms with E-state index in [-0.39, 0.29) is 0 Å². The van der Waals surface area contributed by atoms with Crippen LogP contribution in [0.5, 0.6) is 0 Å². The first-order chi connectivity index (χ1) is 5.24. The second-order valence-corrected chi connectivity index (χ2v) is 4.52. The Balaban J connectivity index is -0.0000000933. The standard InChI is InChI=1S/2C2H5.2H3O2P.Ti/c2*1-2;2*1-3-2;/h2*1H2,2H3;2*3H2,(H,1,2);/q;;;;+2/p-2. The zero-order chi connectivity index (χ0) is 9.54. The fourth-order valence-corrected chi connectivity index (χ4v) is 1.03. The molecule has 0 aliphatic heterocycles. The van der Waals surface area contributed by atoms with Crippen LogP contribution in [0.2, 0.25) is 9.45 Å². The van der Waals surface area contributed by atoms with Crippen molar-refractivity contribution >= 4 is 17.4 Å². The van der Waals surface area contributed by atoms with Crippen molar-refractivity contribution in [3.8, 4) is 0 Å². The number of hydrogen-bond donors (Lipinski definition) is 0. The van der Waals surface area contributed by atoms with Crippen LogP contribution in [0.1, 0.15) is 13.8 Å². The maximum Gasteiger partial charge on any atom is -0.0110 e. The van der Waals surface area contributed by atoms with Gasteiger partial charge in [-0.3, -0.25) is 0 Å². The molecule has 0 bridgehead atoms. The third-order valence-electron chi connectivity index (χ3n) is 0.500. The van der Waals surface area contributed by atoms with Crippen LogP contribution >= 0.6 is 17.4 Å². The fraction of sp³-hybridized carbons (Fsp3) is 1.00. The predicted octanol–water partition coefficient (Wildman–Crippen LogP) is -0.0187. The van der Waals surface area contributed by atoms with E-state index in [4.69, 9.17) is 18.9 Å². The molecular weight excluding hydrogens is 222 g/mol. The molecule has 0 N–H and O–H groups in total. The van der Waals surface area contributed by atoms with Crippen molar-refractivity contribution in [3.63, 3.8) is 0 Å². The molecule has 0 fully saturated rings. The zero-order valence-corrected chi connectivity index (χ0v) is 10.6. The van der Waals surface area contributed by atoms with E-state index in [1.54, 1.807) is 0 Å². The Morgan fingerprint density at radius 2 is 1.27 bits per heavy atom. The quantitative estimate of drug-likeness (QED) is 0.498. The summed E-state index contributed by atoms with van der Waals surface area (Å²) < 4.78 is 19.9. The largest absolute Gasteiger partial charge is 0.804 e. The van der Waals surface area contributed by atoms with Crippen molar-refractivity contribution < 1.29 is 38.1 Å². The number of hydrogen-bond acceptors (Lipinski definition) is 4. The van der Waals surface area contributed by atoms with Crippen LogP contribution in [-0.2, 0) is 28.3 Å². The summed E-state index contributed by atoms with van der Waals surface area (Å²) in [6, 6.07) is 0. The van der Waals surface area contributed by atoms with E-state index < -0.39 is 17.4 Å². The summed E-state index contributed by atoms with van der Waals surface area (Å²) in [7, 11) is -3.50. The van der Waals surface area contributed by atoms with Gasteiger partial charge in [0, 0.05) is 0 Å². The Kier molecular flexibility index (Phi) is 49.8. The Hall–Kier alpha value is 1.09. The van der Waals surface area contributed by atoms with Crippen molar-refractivity contribution in [1.82, 2.24) is 0 Å². The third-order valence-corrected chi connectivity index (χ3v) is 2.06. The van der Waals surface area contributed by atoms with Gasteiger partial charge in [0.1, 0.15) is 0 Å². The molecule has 4 nitrogen and oxygen atoms in total. The smallest absolute Gasteiger partial charge is 0.0110 e. The topological polar surface area (TPSA) is 80.3 Å². The zero-order valence-electron chi connectivity index (χ0n) is 6.70. The van der Waals surface area contributed by atoms with E-state index in [0.717, 1.165) is 0 Å². The first kappa shape index (κ1) is 18.0. The van der Waals surface area contributed by atoms with Gasteiger partial charge in [-0.15, -0.1) is 0 Å². The molecule has 0 spiro atoms. The molecule has 0 aliphatic carbocycles. The molecule has 68 valence electrons. The first-order valence-corrected chi connectivity index (χ1v) is 7.16. The van der Waals surface area contributed by atoms with Gasteiger partial charge in [0.2, 0.25) is 0 Å². The van der Waals surface area contributed by atoms with Gasteiger partial charge in [0.05, 0.1) is 0 Å². The summed E-state index contributed by atoms with van der Waals surface area (Å²) in [5.74, 6) is 0. The van der Waals surface area contributed by atoms with Crippen LogP contribution in [-0.4, -0.2) is 0 Å². The maximum absolute atomic E-state index is 8.46. The molecule has 0 heterocycles. The van der Waals surface area contributed by atoms with Crippen molar-refractivity contribution in [2.24, 2.45) is 0 Å². The molecule has 0 saturated heterocycles. The molecule has 0 rings (SSSR count). The molecule has 0 aromatic rings. The van der Waals surface area contributed by atoms with Crippen molar-refractivity contribution in [2.45, 2.75) is 23.3 Å². The molecule has 2 unspecified atom stereocenters. The molecular formula is C4H14O4P2Ti. The van der Waals surface area contributed by atoms with Gasteiger partial charge in [-0.2, -0.15) is 0 Å². The minimum absolute atomic E-state index is 0.528. The molecule has 11 heavy (non-hydrogen) atoms. The third kappa shape index (κ3) is 95.8. The monoisotopic (exact) mass is 236 g/mol. The van der Waals surface area contributed by atoms with Gasteiger partial charge in [-0.25, -0.2) is 0 Å². The minimum Gasteiger partial charge on any atom is -0.804 e. The van der Waals surface area contributed by atoms with E-state index in [1.165, 1.54) is 9.45 Å². The average molecular weight is 236 g/mol. The molecule has 7 heteroatoms. The second-order valence-electron chi connectivity index (χ2n) is 1.15. The van der Waals surface area contributed by atoms with Gasteiger partial charge in [0.25, 0.3) is 0 Å². The van der Waals surface area contributed by atoms with Crippen LogP contribution < -0.4 is 9.79 Å². The number of rotatable bonds is 2. The van der Waals surface area contributed by atoms with Gasteiger partial charge in [-0.05, 0) is 17.4 Å². The molecule has 0 aromatic carbocycles. The summed E-state index contributed by atoms with van der Waals surface area (Å²) >= 11 is 0.528. The van der Waals surface area contributed by atoms with Gasteiger partial charge in [-0.1, -0.05) is 0 Å². The predicted molar refractivity (Wildman–Crippen MR) is 41.8 cm³/mol. The minimum atomic E-state index is -1.75. The van der Waals surface area contributed by atoms with E-state index >= 15 is 0 Å². The van der Waals surface area contributed by atoms with Crippen molar-refractivity contribution in [1.29, 1.82) is 0 Å². The van der Waals surface area contributed by atoms with Crippen LogP contribution in [0.4, 0.5) is 0 Å². The van der Waals surface area contributed by atoms with Crippen molar-refractivity contribution in [3.05, 3.63) is 0 Å². The molecule has 0 radical (unpaired) electrons. The summed E-state index contributed by atoms with van der Waals surface area (Å²) in [4.78, 5) is 16.9. The molecule has 0 aliphatic rings. The van der Waals surface area contributed by atoms with Crippen LogP contribution in [0.25, 0.3) is 0 Å². The summed E-state index contributed by atoms with van der Waals surface area (Å²) in [5.41, 5.74) is 0. The van der Waals surface area contributed by atoms with E-state index in [0.29, 0.717) is 19.2 Å². The molecule has 0 saturated carbocycles. The second kappa shape index (κ2) is 30.4. The Bertz CT molecular complexity index is 65.1. The van der Waals surface area contributed by atoms with Crippen LogP contribution in [0.15, 0.2) is 0 Å². The van der Waals surface area contributed by atoms with Gasteiger partial charge in [0.15, 0.2) is 0 Å². The summed E-state index contributed by atoms with van der Waals surface area (Å²) in [5, 5.41) is 0. The van der Waals surface area contributed by atoms with Crippen LogP contribution in [0, 0.1) is 0 Å². The maximum atomic E-state index is 8.46. The van der Waals surface area contributed by atoms with E-state index in [2.05, 4.69) is 13.8 Å². The molecule has 0 amide bonds. The van der Waals surface area contributed by atoms with Gasteiger partial charge >= 0.3 is 42.5 Å². The fourth-order valence-electron chi connectivity index (χ4n) is 0.250.